The Labute approximate surface area is 185 Å². The third-order valence-electron chi connectivity index (χ3n) is 4.04. The number of benzene rings is 1. The zero-order chi connectivity index (χ0) is 19.5. The number of hydrogen-bond donors (Lipinski definition) is 2. The average Bonchev–Trinajstić information content (AvgIpc) is 2.69. The minimum absolute atomic E-state index is 0. The minimum Gasteiger partial charge on any atom is -0.376 e. The molecule has 0 aliphatic carbocycles. The van der Waals surface area contributed by atoms with Crippen molar-refractivity contribution in [2.45, 2.75) is 20.1 Å². The lowest BCUT2D eigenvalue weighted by molar-refractivity contribution is 0.0931. The van der Waals surface area contributed by atoms with Gasteiger partial charge in [-0.3, -0.25) is 4.99 Å². The molecule has 2 N–H and O–H groups in total. The highest BCUT2D eigenvalue weighted by molar-refractivity contribution is 14.0. The lowest BCUT2D eigenvalue weighted by Gasteiger charge is -2.17. The summed E-state index contributed by atoms with van der Waals surface area (Å²) >= 11 is 0. The largest absolute Gasteiger partial charge is 0.376 e. The van der Waals surface area contributed by atoms with E-state index in [4.69, 9.17) is 4.74 Å². The van der Waals surface area contributed by atoms with Gasteiger partial charge in [0.2, 0.25) is 0 Å². The van der Waals surface area contributed by atoms with Gasteiger partial charge in [0.05, 0.1) is 25.5 Å². The van der Waals surface area contributed by atoms with Crippen molar-refractivity contribution in [3.05, 3.63) is 59.8 Å². The van der Waals surface area contributed by atoms with Crippen molar-refractivity contribution >= 4 is 35.8 Å². The number of anilines is 1. The number of ether oxygens (including phenoxy) is 1. The summed E-state index contributed by atoms with van der Waals surface area (Å²) in [5, 5.41) is 6.65. The number of halogens is 1. The number of guanidine groups is 1. The van der Waals surface area contributed by atoms with Crippen LogP contribution in [-0.2, 0) is 17.9 Å². The summed E-state index contributed by atoms with van der Waals surface area (Å²) in [6, 6.07) is 16.2. The molecule has 7 heteroatoms. The van der Waals surface area contributed by atoms with E-state index in [0.29, 0.717) is 25.7 Å². The number of hydrogen-bond acceptors (Lipinski definition) is 4. The van der Waals surface area contributed by atoms with E-state index >= 15 is 0 Å². The Hall–Kier alpha value is -1.87. The monoisotopic (exact) mass is 497 g/mol. The van der Waals surface area contributed by atoms with Crippen LogP contribution in [0.1, 0.15) is 18.2 Å². The Morgan fingerprint density at radius 3 is 2.54 bits per heavy atom. The van der Waals surface area contributed by atoms with Gasteiger partial charge in [-0.2, -0.15) is 0 Å². The first kappa shape index (κ1) is 24.2. The number of aromatic nitrogens is 1. The van der Waals surface area contributed by atoms with E-state index in [1.54, 1.807) is 7.05 Å². The lowest BCUT2D eigenvalue weighted by atomic mass is 10.2. The van der Waals surface area contributed by atoms with Crippen LogP contribution >= 0.6 is 24.0 Å². The van der Waals surface area contributed by atoms with Gasteiger partial charge >= 0.3 is 0 Å². The fourth-order valence-electron chi connectivity index (χ4n) is 2.49. The molecule has 1 aromatic carbocycles. The summed E-state index contributed by atoms with van der Waals surface area (Å²) in [7, 11) is 5.75. The number of pyridine rings is 1. The molecule has 28 heavy (non-hydrogen) atoms. The Morgan fingerprint density at radius 1 is 1.11 bits per heavy atom. The van der Waals surface area contributed by atoms with Crippen molar-refractivity contribution in [1.82, 2.24) is 15.6 Å². The first-order chi connectivity index (χ1) is 13.1. The first-order valence-corrected chi connectivity index (χ1v) is 9.28. The van der Waals surface area contributed by atoms with Crippen molar-refractivity contribution in [2.24, 2.45) is 10.9 Å². The molecule has 0 aliphatic rings. The fraction of sp³-hybridized carbons (Fsp3) is 0.429. The summed E-state index contributed by atoms with van der Waals surface area (Å²) in [4.78, 5) is 10.9. The molecule has 2 aromatic rings. The molecule has 1 heterocycles. The molecule has 0 fully saturated rings. The Balaban J connectivity index is 0.00000392. The van der Waals surface area contributed by atoms with Gasteiger partial charge in [-0.25, -0.2) is 4.98 Å². The Kier molecular flexibility index (Phi) is 11.5. The molecule has 0 amide bonds. The lowest BCUT2D eigenvalue weighted by Crippen LogP contribution is -2.39. The van der Waals surface area contributed by atoms with E-state index in [-0.39, 0.29) is 24.0 Å². The molecule has 1 unspecified atom stereocenters. The number of nitrogens with one attached hydrogen (secondary N) is 2. The van der Waals surface area contributed by atoms with Crippen LogP contribution in [0.15, 0.2) is 53.5 Å². The minimum atomic E-state index is 0. The van der Waals surface area contributed by atoms with Gasteiger partial charge in [0.15, 0.2) is 5.96 Å². The second kappa shape index (κ2) is 13.3. The zero-order valence-corrected chi connectivity index (χ0v) is 19.5. The molecule has 0 saturated carbocycles. The predicted octanol–water partition coefficient (Wildman–Crippen LogP) is 3.28. The summed E-state index contributed by atoms with van der Waals surface area (Å²) < 4.78 is 5.80. The van der Waals surface area contributed by atoms with Gasteiger partial charge in [-0.05, 0) is 23.6 Å². The highest BCUT2D eigenvalue weighted by Crippen LogP contribution is 2.07. The molecule has 0 bridgehead atoms. The maximum Gasteiger partial charge on any atom is 0.191 e. The Morgan fingerprint density at radius 2 is 1.86 bits per heavy atom. The summed E-state index contributed by atoms with van der Waals surface area (Å²) in [5.41, 5.74) is 2.17. The van der Waals surface area contributed by atoms with Gasteiger partial charge in [0, 0.05) is 27.7 Å². The van der Waals surface area contributed by atoms with Crippen LogP contribution in [-0.4, -0.2) is 45.2 Å². The van der Waals surface area contributed by atoms with E-state index in [0.717, 1.165) is 24.0 Å². The molecule has 1 aromatic heterocycles. The smallest absolute Gasteiger partial charge is 0.191 e. The molecule has 2 rings (SSSR count). The van der Waals surface area contributed by atoms with E-state index in [1.165, 1.54) is 5.56 Å². The third kappa shape index (κ3) is 8.88. The molecule has 0 saturated heterocycles. The van der Waals surface area contributed by atoms with Gasteiger partial charge in [-0.15, -0.1) is 24.0 Å². The second-order valence-electron chi connectivity index (χ2n) is 6.79. The Bertz CT molecular complexity index is 709. The summed E-state index contributed by atoms with van der Waals surface area (Å²) in [5.74, 6) is 2.09. The molecule has 1 atom stereocenters. The average molecular weight is 497 g/mol. The van der Waals surface area contributed by atoms with Crippen LogP contribution in [0.2, 0.25) is 0 Å². The van der Waals surface area contributed by atoms with Crippen molar-refractivity contribution < 1.29 is 4.74 Å². The van der Waals surface area contributed by atoms with Crippen LogP contribution in [0.4, 0.5) is 5.82 Å². The van der Waals surface area contributed by atoms with E-state index in [2.05, 4.69) is 39.7 Å². The predicted molar refractivity (Wildman–Crippen MR) is 127 cm³/mol. The molecule has 6 nitrogen and oxygen atoms in total. The maximum absolute atomic E-state index is 5.80. The molecule has 154 valence electrons. The summed E-state index contributed by atoms with van der Waals surface area (Å²) in [6.07, 6.45) is 0. The highest BCUT2D eigenvalue weighted by Gasteiger charge is 2.06. The van der Waals surface area contributed by atoms with Gasteiger partial charge in [0.25, 0.3) is 0 Å². The van der Waals surface area contributed by atoms with Gasteiger partial charge < -0.3 is 20.3 Å². The maximum atomic E-state index is 5.80. The first-order valence-electron chi connectivity index (χ1n) is 9.28. The second-order valence-corrected chi connectivity index (χ2v) is 6.79. The normalized spacial score (nSPS) is 12.1. The summed E-state index contributed by atoms with van der Waals surface area (Å²) in [6.45, 7) is 4.92. The van der Waals surface area contributed by atoms with Crippen LogP contribution in [0.3, 0.4) is 0 Å². The molecule has 0 spiro atoms. The molecular weight excluding hydrogens is 465 g/mol. The van der Waals surface area contributed by atoms with Crippen molar-refractivity contribution in [1.29, 1.82) is 0 Å². The quantitative estimate of drug-likeness (QED) is 0.317. The van der Waals surface area contributed by atoms with Gasteiger partial charge in [-0.1, -0.05) is 43.3 Å². The van der Waals surface area contributed by atoms with Crippen LogP contribution in [0, 0.1) is 5.92 Å². The SMILES string of the molecule is CN=C(NCc1cccc(N(C)C)n1)NCC(C)COCc1ccccc1.I. The van der Waals surface area contributed by atoms with Gasteiger partial charge in [0.1, 0.15) is 5.82 Å². The van der Waals surface area contributed by atoms with Crippen LogP contribution in [0.5, 0.6) is 0 Å². The highest BCUT2D eigenvalue weighted by atomic mass is 127. The van der Waals surface area contributed by atoms with Crippen LogP contribution < -0.4 is 15.5 Å². The van der Waals surface area contributed by atoms with E-state index in [9.17, 15) is 0 Å². The van der Waals surface area contributed by atoms with E-state index < -0.39 is 0 Å². The van der Waals surface area contributed by atoms with Crippen molar-refractivity contribution in [3.63, 3.8) is 0 Å². The fourth-order valence-corrected chi connectivity index (χ4v) is 2.49. The molecular formula is C21H32IN5O. The van der Waals surface area contributed by atoms with Crippen molar-refractivity contribution in [3.8, 4) is 0 Å². The number of rotatable bonds is 9. The zero-order valence-electron chi connectivity index (χ0n) is 17.2. The van der Waals surface area contributed by atoms with Crippen molar-refractivity contribution in [2.75, 3.05) is 39.2 Å². The molecule has 0 aliphatic heterocycles. The standard InChI is InChI=1S/C21H31N5O.HI/c1-17(15-27-16-18-9-6-5-7-10-18)13-23-21(22-2)24-14-19-11-8-12-20(25-19)26(3)4;/h5-12,17H,13-16H2,1-4H3,(H2,22,23,24);1H. The third-order valence-corrected chi connectivity index (χ3v) is 4.04. The number of nitrogens with zero attached hydrogens (tertiary/aromatic N) is 3. The molecule has 0 radical (unpaired) electrons. The topological polar surface area (TPSA) is 61.8 Å². The number of aliphatic imine (C=N–C) groups is 1. The van der Waals surface area contributed by atoms with E-state index in [1.807, 2.05) is 55.4 Å². The van der Waals surface area contributed by atoms with Crippen LogP contribution in [0.25, 0.3) is 0 Å².